The van der Waals surface area contributed by atoms with E-state index in [0.717, 1.165) is 13.0 Å². The summed E-state index contributed by atoms with van der Waals surface area (Å²) in [5.74, 6) is 5.93. The second kappa shape index (κ2) is 7.05. The van der Waals surface area contributed by atoms with Gasteiger partial charge in [-0.3, -0.25) is 0 Å². The maximum absolute atomic E-state index is 5.79. The molecule has 1 aromatic carbocycles. The van der Waals surface area contributed by atoms with Crippen LogP contribution in [0.2, 0.25) is 0 Å². The maximum atomic E-state index is 5.79. The molecule has 0 aromatic heterocycles. The smallest absolute Gasteiger partial charge is 0.0447 e. The van der Waals surface area contributed by atoms with E-state index in [1.165, 1.54) is 11.1 Å². The predicted molar refractivity (Wildman–Crippen MR) is 69.0 cm³/mol. The summed E-state index contributed by atoms with van der Waals surface area (Å²) in [4.78, 5) is 0. The van der Waals surface area contributed by atoms with Gasteiger partial charge < -0.3 is 11.1 Å². The number of aryl methyl sites for hydroxylation is 1. The number of rotatable bonds is 5. The molecule has 16 heavy (non-hydrogen) atoms. The molecule has 0 bridgehead atoms. The lowest BCUT2D eigenvalue weighted by Gasteiger charge is -2.18. The molecule has 0 aliphatic carbocycles. The molecule has 0 aliphatic rings. The summed E-state index contributed by atoms with van der Waals surface area (Å²) in [5.41, 5.74) is 8.36. The number of nitrogens with one attached hydrogen (secondary N) is 1. The minimum atomic E-state index is 0.236. The van der Waals surface area contributed by atoms with Crippen LogP contribution in [0, 0.1) is 18.8 Å². The lowest BCUT2D eigenvalue weighted by molar-refractivity contribution is 0.548. The van der Waals surface area contributed by atoms with Crippen molar-refractivity contribution in [2.24, 2.45) is 5.73 Å². The van der Waals surface area contributed by atoms with Gasteiger partial charge in [0.25, 0.3) is 0 Å². The second-order valence-corrected chi connectivity index (χ2v) is 3.78. The fraction of sp³-hybridized carbons (Fsp3) is 0.429. The third-order valence-electron chi connectivity index (χ3n) is 2.62. The van der Waals surface area contributed by atoms with Crippen LogP contribution in [0.25, 0.3) is 0 Å². The average Bonchev–Trinajstić information content (AvgIpc) is 2.31. The second-order valence-electron chi connectivity index (χ2n) is 3.78. The van der Waals surface area contributed by atoms with Gasteiger partial charge in [-0.15, -0.1) is 11.8 Å². The van der Waals surface area contributed by atoms with Crippen LogP contribution in [0.5, 0.6) is 0 Å². The van der Waals surface area contributed by atoms with Gasteiger partial charge in [0, 0.05) is 25.6 Å². The van der Waals surface area contributed by atoms with Gasteiger partial charge in [-0.25, -0.2) is 0 Å². The van der Waals surface area contributed by atoms with Crippen molar-refractivity contribution < 1.29 is 0 Å². The minimum absolute atomic E-state index is 0.236. The zero-order valence-corrected chi connectivity index (χ0v) is 10.1. The van der Waals surface area contributed by atoms with E-state index in [-0.39, 0.29) is 6.04 Å². The van der Waals surface area contributed by atoms with Crippen molar-refractivity contribution in [1.29, 1.82) is 0 Å². The molecule has 3 N–H and O–H groups in total. The first-order valence-electron chi connectivity index (χ1n) is 5.68. The Labute approximate surface area is 98.2 Å². The van der Waals surface area contributed by atoms with Crippen molar-refractivity contribution in [2.45, 2.75) is 26.3 Å². The predicted octanol–water partition coefficient (Wildman–Crippen LogP) is 2.00. The standard InChI is InChI=1S/C14H20N2/c1-3-4-7-10-16-14(11-15)13-9-6-5-8-12(13)2/h5-6,8-9,14,16H,7,10-11,15H2,1-2H3. The molecule has 1 atom stereocenters. The molecule has 0 radical (unpaired) electrons. The van der Waals surface area contributed by atoms with E-state index in [9.17, 15) is 0 Å². The topological polar surface area (TPSA) is 38.0 Å². The summed E-state index contributed by atoms with van der Waals surface area (Å²) in [6.07, 6.45) is 0.874. The number of benzene rings is 1. The largest absolute Gasteiger partial charge is 0.329 e. The van der Waals surface area contributed by atoms with Gasteiger partial charge in [-0.2, -0.15) is 0 Å². The molecule has 1 aromatic rings. The summed E-state index contributed by atoms with van der Waals surface area (Å²) in [6.45, 7) is 5.48. The number of hydrogen-bond acceptors (Lipinski definition) is 2. The Morgan fingerprint density at radius 3 is 2.75 bits per heavy atom. The quantitative estimate of drug-likeness (QED) is 0.583. The molecule has 0 aliphatic heterocycles. The Morgan fingerprint density at radius 1 is 1.38 bits per heavy atom. The fourth-order valence-electron chi connectivity index (χ4n) is 1.73. The monoisotopic (exact) mass is 216 g/mol. The zero-order valence-electron chi connectivity index (χ0n) is 10.1. The summed E-state index contributed by atoms with van der Waals surface area (Å²) in [7, 11) is 0. The molecule has 1 rings (SSSR count). The number of hydrogen-bond donors (Lipinski definition) is 2. The van der Waals surface area contributed by atoms with Gasteiger partial charge in [-0.1, -0.05) is 24.3 Å². The van der Waals surface area contributed by atoms with Crippen LogP contribution in [0.1, 0.15) is 30.5 Å². The van der Waals surface area contributed by atoms with Crippen molar-refractivity contribution in [2.75, 3.05) is 13.1 Å². The molecule has 86 valence electrons. The highest BCUT2D eigenvalue weighted by atomic mass is 14.9. The van der Waals surface area contributed by atoms with Gasteiger partial charge in [0.05, 0.1) is 0 Å². The summed E-state index contributed by atoms with van der Waals surface area (Å²) in [6, 6.07) is 8.59. The van der Waals surface area contributed by atoms with Crippen LogP contribution in [0.15, 0.2) is 24.3 Å². The van der Waals surface area contributed by atoms with E-state index in [1.807, 2.05) is 6.92 Å². The molecule has 0 saturated carbocycles. The molecule has 0 spiro atoms. The van der Waals surface area contributed by atoms with Gasteiger partial charge >= 0.3 is 0 Å². The van der Waals surface area contributed by atoms with Crippen LogP contribution in [-0.2, 0) is 0 Å². The normalized spacial score (nSPS) is 11.7. The van der Waals surface area contributed by atoms with E-state index in [2.05, 4.69) is 48.3 Å². The van der Waals surface area contributed by atoms with Crippen molar-refractivity contribution in [3.8, 4) is 11.8 Å². The molecule has 0 heterocycles. The molecule has 0 amide bonds. The SMILES string of the molecule is CC#CCCNC(CN)c1ccccc1C. The molecule has 1 unspecified atom stereocenters. The molecule has 0 fully saturated rings. The van der Waals surface area contributed by atoms with E-state index < -0.39 is 0 Å². The van der Waals surface area contributed by atoms with Gasteiger partial charge in [0.15, 0.2) is 0 Å². The van der Waals surface area contributed by atoms with E-state index >= 15 is 0 Å². The Bertz CT molecular complexity index is 374. The first kappa shape index (κ1) is 12.8. The van der Waals surface area contributed by atoms with E-state index in [1.54, 1.807) is 0 Å². The minimum Gasteiger partial charge on any atom is -0.329 e. The average molecular weight is 216 g/mol. The third kappa shape index (κ3) is 3.69. The first-order valence-corrected chi connectivity index (χ1v) is 5.68. The molecular formula is C14H20N2. The van der Waals surface area contributed by atoms with Crippen LogP contribution in [0.4, 0.5) is 0 Å². The summed E-state index contributed by atoms with van der Waals surface area (Å²) >= 11 is 0. The highest BCUT2D eigenvalue weighted by Crippen LogP contribution is 2.15. The molecule has 2 nitrogen and oxygen atoms in total. The summed E-state index contributed by atoms with van der Waals surface area (Å²) < 4.78 is 0. The lowest BCUT2D eigenvalue weighted by Crippen LogP contribution is -2.29. The van der Waals surface area contributed by atoms with Gasteiger partial charge in [0.1, 0.15) is 0 Å². The fourth-order valence-corrected chi connectivity index (χ4v) is 1.73. The highest BCUT2D eigenvalue weighted by molar-refractivity contribution is 5.28. The van der Waals surface area contributed by atoms with Crippen LogP contribution >= 0.6 is 0 Å². The molecule has 2 heteroatoms. The Kier molecular flexibility index (Phi) is 5.63. The zero-order chi connectivity index (χ0) is 11.8. The first-order chi connectivity index (χ1) is 7.79. The Morgan fingerprint density at radius 2 is 2.12 bits per heavy atom. The van der Waals surface area contributed by atoms with Crippen molar-refractivity contribution in [3.63, 3.8) is 0 Å². The van der Waals surface area contributed by atoms with Gasteiger partial charge in [-0.05, 0) is 25.0 Å². The Balaban J connectivity index is 2.59. The van der Waals surface area contributed by atoms with Crippen LogP contribution in [-0.4, -0.2) is 13.1 Å². The van der Waals surface area contributed by atoms with Crippen LogP contribution in [0.3, 0.4) is 0 Å². The van der Waals surface area contributed by atoms with Crippen molar-refractivity contribution in [1.82, 2.24) is 5.32 Å². The third-order valence-corrected chi connectivity index (χ3v) is 2.62. The van der Waals surface area contributed by atoms with Crippen molar-refractivity contribution >= 4 is 0 Å². The highest BCUT2D eigenvalue weighted by Gasteiger charge is 2.09. The van der Waals surface area contributed by atoms with Gasteiger partial charge in [0.2, 0.25) is 0 Å². The molecule has 0 saturated heterocycles. The summed E-state index contributed by atoms with van der Waals surface area (Å²) in [5, 5.41) is 3.43. The van der Waals surface area contributed by atoms with E-state index in [0.29, 0.717) is 6.54 Å². The van der Waals surface area contributed by atoms with E-state index in [4.69, 9.17) is 5.73 Å². The number of nitrogens with two attached hydrogens (primary N) is 1. The maximum Gasteiger partial charge on any atom is 0.0447 e. The lowest BCUT2D eigenvalue weighted by atomic mass is 10.0. The van der Waals surface area contributed by atoms with Crippen molar-refractivity contribution in [3.05, 3.63) is 35.4 Å². The van der Waals surface area contributed by atoms with Crippen LogP contribution < -0.4 is 11.1 Å². The molecular weight excluding hydrogens is 196 g/mol. The Hall–Kier alpha value is -1.30.